The molecule has 2 rings (SSSR count). The molecule has 2 atom stereocenters. The Kier molecular flexibility index (Phi) is 6.24. The van der Waals surface area contributed by atoms with Gasteiger partial charge in [0.15, 0.2) is 0 Å². The van der Waals surface area contributed by atoms with Gasteiger partial charge in [-0.3, -0.25) is 9.59 Å². The standard InChI is InChI=1S/C16H17F4N3O4/c17-12-4-2-1-3-9(12)13(24)21-5-6-22-15(27)23-7-10(14(25)26)11(8-23)16(18,19)20/h1-4,10-11H,5-8H2,(H,21,24)(H,22,27)(H,25,26)/t10-,11-/m1/s1. The summed E-state index contributed by atoms with van der Waals surface area (Å²) in [6, 6.07) is 4.41. The normalized spacial score (nSPS) is 19.6. The van der Waals surface area contributed by atoms with E-state index in [2.05, 4.69) is 10.6 Å². The van der Waals surface area contributed by atoms with Gasteiger partial charge in [-0.2, -0.15) is 13.2 Å². The number of nitrogens with one attached hydrogen (secondary N) is 2. The van der Waals surface area contributed by atoms with E-state index in [0.29, 0.717) is 0 Å². The minimum Gasteiger partial charge on any atom is -0.481 e. The van der Waals surface area contributed by atoms with Crippen molar-refractivity contribution < 1.29 is 37.1 Å². The number of amides is 3. The Labute approximate surface area is 151 Å². The molecule has 1 aliphatic rings. The van der Waals surface area contributed by atoms with Crippen LogP contribution in [0, 0.1) is 17.7 Å². The van der Waals surface area contributed by atoms with E-state index in [4.69, 9.17) is 5.11 Å². The van der Waals surface area contributed by atoms with Gasteiger partial charge in [-0.1, -0.05) is 12.1 Å². The van der Waals surface area contributed by atoms with Gasteiger partial charge >= 0.3 is 18.2 Å². The van der Waals surface area contributed by atoms with Crippen LogP contribution in [0.15, 0.2) is 24.3 Å². The third-order valence-electron chi connectivity index (χ3n) is 4.15. The van der Waals surface area contributed by atoms with E-state index in [1.54, 1.807) is 0 Å². The van der Waals surface area contributed by atoms with Gasteiger partial charge in [0.05, 0.1) is 17.4 Å². The first-order valence-corrected chi connectivity index (χ1v) is 7.96. The molecule has 1 aromatic rings. The minimum atomic E-state index is -4.73. The monoisotopic (exact) mass is 391 g/mol. The van der Waals surface area contributed by atoms with Crippen LogP contribution in [0.1, 0.15) is 10.4 Å². The molecule has 1 heterocycles. The Bertz CT molecular complexity index is 726. The quantitative estimate of drug-likeness (QED) is 0.523. The lowest BCUT2D eigenvalue weighted by molar-refractivity contribution is -0.187. The van der Waals surface area contributed by atoms with Gasteiger partial charge in [0.1, 0.15) is 5.82 Å². The molecule has 1 aliphatic heterocycles. The van der Waals surface area contributed by atoms with Crippen LogP contribution >= 0.6 is 0 Å². The van der Waals surface area contributed by atoms with Crippen molar-refractivity contribution in [3.05, 3.63) is 35.6 Å². The molecule has 0 radical (unpaired) electrons. The Morgan fingerprint density at radius 1 is 1.11 bits per heavy atom. The van der Waals surface area contributed by atoms with Gasteiger partial charge in [-0.25, -0.2) is 9.18 Å². The fourth-order valence-corrected chi connectivity index (χ4v) is 2.75. The van der Waals surface area contributed by atoms with Gasteiger partial charge in [0, 0.05) is 26.2 Å². The zero-order chi connectivity index (χ0) is 20.2. The summed E-state index contributed by atoms with van der Waals surface area (Å²) in [7, 11) is 0. The molecule has 11 heteroatoms. The second kappa shape index (κ2) is 8.23. The molecule has 1 saturated heterocycles. The number of carbonyl (C=O) groups is 3. The third kappa shape index (κ3) is 5.08. The number of hydrogen-bond donors (Lipinski definition) is 3. The Morgan fingerprint density at radius 2 is 1.74 bits per heavy atom. The van der Waals surface area contributed by atoms with Crippen LogP contribution in [0.2, 0.25) is 0 Å². The highest BCUT2D eigenvalue weighted by atomic mass is 19.4. The first-order chi connectivity index (χ1) is 12.6. The second-order valence-corrected chi connectivity index (χ2v) is 5.97. The van der Waals surface area contributed by atoms with Gasteiger partial charge < -0.3 is 20.6 Å². The van der Waals surface area contributed by atoms with Gasteiger partial charge in [0.25, 0.3) is 5.91 Å². The number of nitrogens with zero attached hydrogens (tertiary/aromatic N) is 1. The minimum absolute atomic E-state index is 0.0855. The number of halogens is 4. The molecule has 27 heavy (non-hydrogen) atoms. The zero-order valence-corrected chi connectivity index (χ0v) is 13.9. The number of benzene rings is 1. The molecule has 3 N–H and O–H groups in total. The van der Waals surface area contributed by atoms with Crippen LogP contribution in [0.5, 0.6) is 0 Å². The van der Waals surface area contributed by atoms with Gasteiger partial charge in [0.2, 0.25) is 0 Å². The summed E-state index contributed by atoms with van der Waals surface area (Å²) in [6.07, 6.45) is -4.73. The van der Waals surface area contributed by atoms with Crippen LogP contribution in [0.3, 0.4) is 0 Å². The van der Waals surface area contributed by atoms with E-state index in [1.165, 1.54) is 18.2 Å². The predicted molar refractivity (Wildman–Crippen MR) is 84.4 cm³/mol. The molecule has 1 aromatic carbocycles. The smallest absolute Gasteiger partial charge is 0.394 e. The zero-order valence-electron chi connectivity index (χ0n) is 13.9. The maximum atomic E-state index is 13.4. The molecule has 1 fully saturated rings. The SMILES string of the molecule is O=C(NCCNC(=O)N1C[C@@H](C(F)(F)F)[C@H](C(=O)O)C1)c1ccccc1F. The predicted octanol–water partition coefficient (Wildman–Crippen LogP) is 1.46. The lowest BCUT2D eigenvalue weighted by Crippen LogP contribution is -2.42. The van der Waals surface area contributed by atoms with Crippen LogP contribution in [-0.4, -0.2) is 60.3 Å². The molecule has 0 aliphatic carbocycles. The summed E-state index contributed by atoms with van der Waals surface area (Å²) in [6.45, 7) is -1.53. The van der Waals surface area contributed by atoms with Crippen LogP contribution in [-0.2, 0) is 4.79 Å². The summed E-state index contributed by atoms with van der Waals surface area (Å²) in [5, 5.41) is 13.6. The van der Waals surface area contributed by atoms with Gasteiger partial charge in [-0.15, -0.1) is 0 Å². The number of carboxylic acids is 1. The van der Waals surface area contributed by atoms with Gasteiger partial charge in [-0.05, 0) is 12.1 Å². The summed E-state index contributed by atoms with van der Waals surface area (Å²) in [4.78, 5) is 35.5. The number of alkyl halides is 3. The second-order valence-electron chi connectivity index (χ2n) is 5.97. The lowest BCUT2D eigenvalue weighted by Gasteiger charge is -2.18. The molecular weight excluding hydrogens is 374 g/mol. The topological polar surface area (TPSA) is 98.7 Å². The number of carbonyl (C=O) groups excluding carboxylic acids is 2. The van der Waals surface area contributed by atoms with E-state index in [1.807, 2.05) is 0 Å². The molecule has 0 bridgehead atoms. The number of carboxylic acid groups (broad SMARTS) is 1. The summed E-state index contributed by atoms with van der Waals surface area (Å²) in [5.74, 6) is -6.90. The molecule has 0 spiro atoms. The van der Waals surface area contributed by atoms with Crippen LogP contribution in [0.4, 0.5) is 22.4 Å². The van der Waals surface area contributed by atoms with Crippen molar-refractivity contribution in [2.75, 3.05) is 26.2 Å². The molecular formula is C16H17F4N3O4. The highest BCUT2D eigenvalue weighted by Crippen LogP contribution is 2.37. The van der Waals surface area contributed by atoms with Crippen molar-refractivity contribution in [2.45, 2.75) is 6.18 Å². The van der Waals surface area contributed by atoms with E-state index >= 15 is 0 Å². The maximum absolute atomic E-state index is 13.4. The molecule has 0 aromatic heterocycles. The number of urea groups is 1. The van der Waals surface area contributed by atoms with E-state index in [0.717, 1.165) is 11.0 Å². The van der Waals surface area contributed by atoms with Crippen molar-refractivity contribution in [3.8, 4) is 0 Å². The largest absolute Gasteiger partial charge is 0.481 e. The first-order valence-electron chi connectivity index (χ1n) is 7.96. The van der Waals surface area contributed by atoms with Crippen LogP contribution < -0.4 is 10.6 Å². The van der Waals surface area contributed by atoms with Crippen molar-refractivity contribution in [2.24, 2.45) is 11.8 Å². The molecule has 7 nitrogen and oxygen atoms in total. The Hall–Kier alpha value is -2.85. The lowest BCUT2D eigenvalue weighted by atomic mass is 9.96. The summed E-state index contributed by atoms with van der Waals surface area (Å²) >= 11 is 0. The molecule has 148 valence electrons. The number of hydrogen-bond acceptors (Lipinski definition) is 3. The Morgan fingerprint density at radius 3 is 2.30 bits per heavy atom. The fourth-order valence-electron chi connectivity index (χ4n) is 2.75. The summed E-state index contributed by atoms with van der Waals surface area (Å²) < 4.78 is 52.1. The van der Waals surface area contributed by atoms with Crippen molar-refractivity contribution in [3.63, 3.8) is 0 Å². The van der Waals surface area contributed by atoms with Crippen molar-refractivity contribution in [1.82, 2.24) is 15.5 Å². The number of likely N-dealkylation sites (tertiary alicyclic amines) is 1. The van der Waals surface area contributed by atoms with E-state index in [9.17, 15) is 31.9 Å². The molecule has 0 saturated carbocycles. The maximum Gasteiger partial charge on any atom is 0.394 e. The highest BCUT2D eigenvalue weighted by Gasteiger charge is 2.53. The molecule has 3 amide bonds. The van der Waals surface area contributed by atoms with Crippen molar-refractivity contribution in [1.29, 1.82) is 0 Å². The average Bonchev–Trinajstić information content (AvgIpc) is 3.05. The Balaban J connectivity index is 1.82. The van der Waals surface area contributed by atoms with E-state index in [-0.39, 0.29) is 18.7 Å². The average molecular weight is 391 g/mol. The van der Waals surface area contributed by atoms with E-state index < -0.39 is 54.8 Å². The molecule has 0 unspecified atom stereocenters. The number of rotatable bonds is 5. The number of aliphatic carboxylic acids is 1. The van der Waals surface area contributed by atoms with Crippen molar-refractivity contribution >= 4 is 17.9 Å². The summed E-state index contributed by atoms with van der Waals surface area (Å²) in [5.41, 5.74) is -0.180. The van der Waals surface area contributed by atoms with Crippen LogP contribution in [0.25, 0.3) is 0 Å². The first kappa shape index (κ1) is 20.5. The highest BCUT2D eigenvalue weighted by molar-refractivity contribution is 5.94. The fraction of sp³-hybridized carbons (Fsp3) is 0.438. The third-order valence-corrected chi connectivity index (χ3v) is 4.15.